The molecule has 9 heteroatoms. The van der Waals surface area contributed by atoms with Crippen molar-refractivity contribution in [1.82, 2.24) is 34.8 Å². The summed E-state index contributed by atoms with van der Waals surface area (Å²) in [6.07, 6.45) is 6.03. The molecule has 28 heavy (non-hydrogen) atoms. The third-order valence-corrected chi connectivity index (χ3v) is 5.67. The topological polar surface area (TPSA) is 105 Å². The number of H-pyrrole nitrogens is 1. The first-order valence-electron chi connectivity index (χ1n) is 9.86. The molecular formula is C19H24N8O. The molecule has 1 saturated heterocycles. The molecule has 1 aliphatic carbocycles. The number of carbonyl (C=O) groups excluding carboxylic acids is 1. The van der Waals surface area contributed by atoms with E-state index in [0.717, 1.165) is 47.8 Å². The van der Waals surface area contributed by atoms with Crippen molar-refractivity contribution >= 4 is 22.8 Å². The molecule has 2 fully saturated rings. The second-order valence-corrected chi connectivity index (χ2v) is 7.87. The van der Waals surface area contributed by atoms with Crippen LogP contribution in [0.5, 0.6) is 0 Å². The predicted octanol–water partition coefficient (Wildman–Crippen LogP) is 2.68. The largest absolute Gasteiger partial charge is 0.324 e. The van der Waals surface area contributed by atoms with E-state index >= 15 is 0 Å². The Hall–Kier alpha value is -2.97. The molecule has 0 bridgehead atoms. The molecule has 146 valence electrons. The van der Waals surface area contributed by atoms with Crippen LogP contribution in [0.15, 0.2) is 12.3 Å². The minimum absolute atomic E-state index is 0.106. The number of urea groups is 1. The monoisotopic (exact) mass is 380 g/mol. The van der Waals surface area contributed by atoms with Gasteiger partial charge in [0.25, 0.3) is 0 Å². The summed E-state index contributed by atoms with van der Waals surface area (Å²) in [4.78, 5) is 23.8. The summed E-state index contributed by atoms with van der Waals surface area (Å²) >= 11 is 0. The van der Waals surface area contributed by atoms with Crippen LogP contribution in [0, 0.1) is 6.92 Å². The van der Waals surface area contributed by atoms with Crippen molar-refractivity contribution in [2.45, 2.75) is 44.4 Å². The van der Waals surface area contributed by atoms with Gasteiger partial charge in [0.15, 0.2) is 11.5 Å². The maximum Gasteiger partial charge on any atom is 0.321 e. The van der Waals surface area contributed by atoms with Crippen LogP contribution in [0.1, 0.15) is 54.9 Å². The van der Waals surface area contributed by atoms with Gasteiger partial charge in [-0.25, -0.2) is 14.8 Å². The first-order valence-corrected chi connectivity index (χ1v) is 9.86. The number of fused-ring (bicyclic) bond motifs is 1. The van der Waals surface area contributed by atoms with E-state index in [1.165, 1.54) is 12.8 Å². The SMILES string of the molecule is Cc1nn(C)c2ncc(NC(=O)N3CCC[C@H](c4n[nH]c(C5CC5)n4)C3)cc12. The fraction of sp³-hybridized carbons (Fsp3) is 0.526. The molecule has 0 spiro atoms. The minimum atomic E-state index is -0.106. The Labute approximate surface area is 162 Å². The molecular weight excluding hydrogens is 356 g/mol. The number of rotatable bonds is 3. The number of amides is 2. The average molecular weight is 380 g/mol. The Morgan fingerprint density at radius 2 is 2.14 bits per heavy atom. The Kier molecular flexibility index (Phi) is 4.03. The van der Waals surface area contributed by atoms with Crippen LogP contribution in [-0.2, 0) is 7.05 Å². The number of aromatic amines is 1. The average Bonchev–Trinajstić information content (AvgIpc) is 3.36. The summed E-state index contributed by atoms with van der Waals surface area (Å²) in [5.74, 6) is 2.59. The lowest BCUT2D eigenvalue weighted by Gasteiger charge is -2.31. The molecule has 1 aliphatic heterocycles. The number of aromatic nitrogens is 6. The van der Waals surface area contributed by atoms with Crippen LogP contribution in [0.2, 0.25) is 0 Å². The highest BCUT2D eigenvalue weighted by Gasteiger charge is 2.31. The number of hydrogen-bond acceptors (Lipinski definition) is 5. The standard InChI is InChI=1S/C19H24N8O/c1-11-15-8-14(9-20-18(15)26(2)25-11)21-19(28)27-7-3-4-13(10-27)17-22-16(23-24-17)12-5-6-12/h8-9,12-13H,3-7,10H2,1-2H3,(H,21,28)(H,22,23,24)/t13-/m0/s1. The molecule has 2 N–H and O–H groups in total. The highest BCUT2D eigenvalue weighted by atomic mass is 16.2. The van der Waals surface area contributed by atoms with Crippen molar-refractivity contribution in [3.63, 3.8) is 0 Å². The molecule has 3 aromatic rings. The van der Waals surface area contributed by atoms with E-state index in [1.807, 2.05) is 24.9 Å². The first-order chi connectivity index (χ1) is 13.6. The summed E-state index contributed by atoms with van der Waals surface area (Å²) in [6.45, 7) is 3.32. The number of nitrogens with zero attached hydrogens (tertiary/aromatic N) is 6. The number of piperidine rings is 1. The number of aryl methyl sites for hydroxylation is 2. The van der Waals surface area contributed by atoms with Crippen LogP contribution in [0.25, 0.3) is 11.0 Å². The fourth-order valence-corrected chi connectivity index (χ4v) is 3.96. The zero-order valence-electron chi connectivity index (χ0n) is 16.1. The number of likely N-dealkylation sites (tertiary alicyclic amines) is 1. The van der Waals surface area contributed by atoms with Crippen LogP contribution in [0.4, 0.5) is 10.5 Å². The second kappa shape index (κ2) is 6.57. The number of carbonyl (C=O) groups is 1. The molecule has 1 atom stereocenters. The summed E-state index contributed by atoms with van der Waals surface area (Å²) in [7, 11) is 1.87. The van der Waals surface area contributed by atoms with Crippen LogP contribution < -0.4 is 5.32 Å². The number of nitrogens with one attached hydrogen (secondary N) is 2. The lowest BCUT2D eigenvalue weighted by atomic mass is 9.97. The third kappa shape index (κ3) is 3.10. The van der Waals surface area contributed by atoms with Crippen LogP contribution >= 0.6 is 0 Å². The van der Waals surface area contributed by atoms with E-state index in [1.54, 1.807) is 10.9 Å². The summed E-state index contributed by atoms with van der Waals surface area (Å²) in [5, 5.41) is 15.8. The lowest BCUT2D eigenvalue weighted by Crippen LogP contribution is -2.41. The highest BCUT2D eigenvalue weighted by molar-refractivity contribution is 5.92. The van der Waals surface area contributed by atoms with Gasteiger partial charge in [-0.2, -0.15) is 10.2 Å². The van der Waals surface area contributed by atoms with Crippen molar-refractivity contribution < 1.29 is 4.79 Å². The van der Waals surface area contributed by atoms with Crippen molar-refractivity contribution in [3.05, 3.63) is 29.6 Å². The fourth-order valence-electron chi connectivity index (χ4n) is 3.96. The van der Waals surface area contributed by atoms with E-state index in [9.17, 15) is 4.79 Å². The quantitative estimate of drug-likeness (QED) is 0.727. The second-order valence-electron chi connectivity index (χ2n) is 7.87. The number of hydrogen-bond donors (Lipinski definition) is 2. The zero-order valence-corrected chi connectivity index (χ0v) is 16.1. The molecule has 5 rings (SSSR count). The number of pyridine rings is 1. The molecule has 2 amide bonds. The Morgan fingerprint density at radius 1 is 1.29 bits per heavy atom. The van der Waals surface area contributed by atoms with Gasteiger partial charge in [-0.1, -0.05) is 0 Å². The Bertz CT molecular complexity index is 1030. The van der Waals surface area contributed by atoms with Crippen molar-refractivity contribution in [3.8, 4) is 0 Å². The number of anilines is 1. The van der Waals surface area contributed by atoms with Gasteiger partial charge in [0.1, 0.15) is 5.82 Å². The molecule has 2 aliphatic rings. The summed E-state index contributed by atoms with van der Waals surface area (Å²) < 4.78 is 1.75. The summed E-state index contributed by atoms with van der Waals surface area (Å²) in [6, 6.07) is 1.83. The maximum atomic E-state index is 12.8. The van der Waals surface area contributed by atoms with Crippen molar-refractivity contribution in [2.24, 2.45) is 7.05 Å². The van der Waals surface area contributed by atoms with E-state index in [-0.39, 0.29) is 11.9 Å². The van der Waals surface area contributed by atoms with Crippen LogP contribution in [0.3, 0.4) is 0 Å². The molecule has 0 unspecified atom stereocenters. The molecule has 3 aromatic heterocycles. The first kappa shape index (κ1) is 17.2. The van der Waals surface area contributed by atoms with E-state index in [2.05, 4.69) is 30.6 Å². The van der Waals surface area contributed by atoms with Gasteiger partial charge >= 0.3 is 6.03 Å². The van der Waals surface area contributed by atoms with Gasteiger partial charge < -0.3 is 10.2 Å². The zero-order chi connectivity index (χ0) is 19.3. The molecule has 0 aromatic carbocycles. The van der Waals surface area contributed by atoms with Gasteiger partial charge in [-0.05, 0) is 38.7 Å². The van der Waals surface area contributed by atoms with E-state index in [4.69, 9.17) is 0 Å². The van der Waals surface area contributed by atoms with Crippen molar-refractivity contribution in [2.75, 3.05) is 18.4 Å². The van der Waals surface area contributed by atoms with Gasteiger partial charge in [0.05, 0.1) is 17.6 Å². The Balaban J connectivity index is 1.28. The van der Waals surface area contributed by atoms with Crippen molar-refractivity contribution in [1.29, 1.82) is 0 Å². The van der Waals surface area contributed by atoms with Gasteiger partial charge in [0, 0.05) is 37.4 Å². The Morgan fingerprint density at radius 3 is 2.96 bits per heavy atom. The maximum absolute atomic E-state index is 12.8. The minimum Gasteiger partial charge on any atom is -0.324 e. The van der Waals surface area contributed by atoms with Gasteiger partial charge in [-0.3, -0.25) is 9.78 Å². The van der Waals surface area contributed by atoms with Crippen LogP contribution in [-0.4, -0.2) is 54.0 Å². The predicted molar refractivity (Wildman–Crippen MR) is 104 cm³/mol. The normalized spacial score (nSPS) is 19.9. The molecule has 9 nitrogen and oxygen atoms in total. The lowest BCUT2D eigenvalue weighted by molar-refractivity contribution is 0.191. The van der Waals surface area contributed by atoms with Gasteiger partial charge in [-0.15, -0.1) is 0 Å². The summed E-state index contributed by atoms with van der Waals surface area (Å²) in [5.41, 5.74) is 2.39. The highest BCUT2D eigenvalue weighted by Crippen LogP contribution is 2.38. The molecule has 4 heterocycles. The third-order valence-electron chi connectivity index (χ3n) is 5.67. The molecule has 1 saturated carbocycles. The van der Waals surface area contributed by atoms with E-state index in [0.29, 0.717) is 18.2 Å². The van der Waals surface area contributed by atoms with Gasteiger partial charge in [0.2, 0.25) is 0 Å². The van der Waals surface area contributed by atoms with E-state index < -0.39 is 0 Å². The smallest absolute Gasteiger partial charge is 0.321 e. The molecule has 0 radical (unpaired) electrons.